The Labute approximate surface area is 372 Å². The summed E-state index contributed by atoms with van der Waals surface area (Å²) in [4.78, 5) is 71.6. The average Bonchev–Trinajstić information content (AvgIpc) is 3.83. The van der Waals surface area contributed by atoms with E-state index in [2.05, 4.69) is 53.8 Å². The van der Waals surface area contributed by atoms with Gasteiger partial charge in [-0.25, -0.2) is 9.78 Å². The van der Waals surface area contributed by atoms with Gasteiger partial charge in [-0.05, 0) is 56.7 Å². The number of halogens is 1. The van der Waals surface area contributed by atoms with Gasteiger partial charge < -0.3 is 56.3 Å². The number of hydrogen-bond donors (Lipinski definition) is 7. The van der Waals surface area contributed by atoms with Crippen molar-refractivity contribution in [3.8, 4) is 0 Å². The molecule has 7 N–H and O–H groups in total. The highest BCUT2D eigenvalue weighted by molar-refractivity contribution is 8.00. The highest BCUT2D eigenvalue weighted by Gasteiger charge is 2.42. The molecule has 2 aromatic rings. The minimum Gasteiger partial charge on any atom is -0.379 e. The molecule has 340 valence electrons. The second-order valence-electron chi connectivity index (χ2n) is 15.2. The Morgan fingerprint density at radius 3 is 2.42 bits per heavy atom. The third-order valence-corrected chi connectivity index (χ3v) is 12.2. The summed E-state index contributed by atoms with van der Waals surface area (Å²) in [7, 11) is 0. The Morgan fingerprint density at radius 2 is 1.63 bits per heavy atom. The predicted octanol–water partition coefficient (Wildman–Crippen LogP) is 3.97. The van der Waals surface area contributed by atoms with Crippen molar-refractivity contribution in [3.05, 3.63) is 48.1 Å². The van der Waals surface area contributed by atoms with E-state index in [-0.39, 0.29) is 60.6 Å². The Morgan fingerprint density at radius 1 is 0.903 bits per heavy atom. The highest BCUT2D eigenvalue weighted by Crippen LogP contribution is 2.33. The van der Waals surface area contributed by atoms with E-state index in [1.165, 1.54) is 12.3 Å². The number of rotatable bonds is 28. The summed E-state index contributed by atoms with van der Waals surface area (Å²) in [6.45, 7) is 8.14. The monoisotopic (exact) mass is 900 g/mol. The lowest BCUT2D eigenvalue weighted by Crippen LogP contribution is -2.45. The molecule has 5 rings (SSSR count). The number of amides is 6. The minimum absolute atomic E-state index is 0.00446. The number of piperidine rings is 1. The number of nitrogens with one attached hydrogen (secondary N) is 7. The first-order valence-electron chi connectivity index (χ1n) is 21.5. The topological polar surface area (TPSA) is 226 Å². The molecule has 4 atom stereocenters. The van der Waals surface area contributed by atoms with Gasteiger partial charge in [-0.3, -0.25) is 19.2 Å². The summed E-state index contributed by atoms with van der Waals surface area (Å²) in [6.07, 6.45) is 9.31. The van der Waals surface area contributed by atoms with Gasteiger partial charge in [-0.15, -0.1) is 0 Å². The van der Waals surface area contributed by atoms with E-state index in [4.69, 9.17) is 25.8 Å². The molecule has 0 saturated carbocycles. The van der Waals surface area contributed by atoms with Gasteiger partial charge in [0, 0.05) is 69.1 Å². The van der Waals surface area contributed by atoms with Crippen LogP contribution in [0.15, 0.2) is 43.1 Å². The summed E-state index contributed by atoms with van der Waals surface area (Å²) in [6, 6.07) is 7.45. The molecule has 3 aliphatic heterocycles. The number of fused-ring (bicyclic) bond motifs is 1. The molecule has 0 radical (unpaired) electrons. The summed E-state index contributed by atoms with van der Waals surface area (Å²) in [5.41, 5.74) is 1.13. The number of thioether (sulfide) groups is 1. The summed E-state index contributed by atoms with van der Waals surface area (Å²) < 4.78 is 16.7. The van der Waals surface area contributed by atoms with E-state index in [1.54, 1.807) is 18.2 Å². The van der Waals surface area contributed by atoms with Crippen LogP contribution in [0.2, 0.25) is 5.02 Å². The second-order valence-corrected chi connectivity index (χ2v) is 16.9. The largest absolute Gasteiger partial charge is 0.379 e. The normalized spacial score (nSPS) is 19.2. The molecule has 1 aromatic heterocycles. The Balaban J connectivity index is 0.813. The van der Waals surface area contributed by atoms with Gasteiger partial charge in [-0.1, -0.05) is 36.7 Å². The first-order chi connectivity index (χ1) is 30.2. The molecule has 0 spiro atoms. The maximum absolute atomic E-state index is 13.0. The number of carbonyl (C=O) groups excluding carboxylic acids is 5. The van der Waals surface area contributed by atoms with Crippen molar-refractivity contribution < 1.29 is 38.2 Å². The average molecular weight is 902 g/mol. The number of nitrogens with zero attached hydrogens (tertiary/aromatic N) is 3. The smallest absolute Gasteiger partial charge is 0.315 e. The van der Waals surface area contributed by atoms with E-state index in [9.17, 15) is 24.0 Å². The molecule has 0 bridgehead atoms. The van der Waals surface area contributed by atoms with Gasteiger partial charge in [0.05, 0.1) is 62.7 Å². The maximum atomic E-state index is 13.0. The van der Waals surface area contributed by atoms with Gasteiger partial charge in [0.1, 0.15) is 5.02 Å². The predicted molar refractivity (Wildman–Crippen MR) is 240 cm³/mol. The van der Waals surface area contributed by atoms with Crippen molar-refractivity contribution in [2.75, 3.05) is 87.5 Å². The Bertz CT molecular complexity index is 1800. The van der Waals surface area contributed by atoms with Crippen molar-refractivity contribution >= 4 is 76.2 Å². The molecular weight excluding hydrogens is 840 g/mol. The fourth-order valence-corrected chi connectivity index (χ4v) is 8.94. The number of para-hydroxylation sites is 2. The lowest BCUT2D eigenvalue weighted by atomic mass is 10.0. The number of likely N-dealkylation sites (tertiary alicyclic amines) is 1. The van der Waals surface area contributed by atoms with Crippen LogP contribution in [0.5, 0.6) is 0 Å². The first-order valence-corrected chi connectivity index (χ1v) is 22.9. The van der Waals surface area contributed by atoms with Crippen LogP contribution >= 0.6 is 23.4 Å². The summed E-state index contributed by atoms with van der Waals surface area (Å²) in [5, 5.41) is 21.7. The highest BCUT2D eigenvalue weighted by atomic mass is 35.5. The van der Waals surface area contributed by atoms with Crippen LogP contribution in [0.4, 0.5) is 27.9 Å². The van der Waals surface area contributed by atoms with Gasteiger partial charge in [0.15, 0.2) is 5.82 Å². The van der Waals surface area contributed by atoms with Crippen LogP contribution in [0.3, 0.4) is 0 Å². The number of unbranched alkanes of at least 4 members (excludes halogenated alkanes) is 1. The SMILES string of the molecule is C=CC(=O)Nc1ccccc1Nc1nc(N[C@H]2CCCN(C(=O)CCCC(=O)NCCOCCOCCOCCCNC(=O)CCCC[C@@H]3SC[C@@H]4NC(=O)N[C@@H]43)C2)ncc1Cl. The number of hydrogen-bond acceptors (Lipinski definition) is 13. The molecule has 3 saturated heterocycles. The van der Waals surface area contributed by atoms with Gasteiger partial charge in [0.25, 0.3) is 0 Å². The summed E-state index contributed by atoms with van der Waals surface area (Å²) >= 11 is 8.29. The summed E-state index contributed by atoms with van der Waals surface area (Å²) in [5.74, 6) is 1.23. The van der Waals surface area contributed by atoms with Crippen molar-refractivity contribution in [1.82, 2.24) is 36.1 Å². The molecular formula is C42H61ClN10O8S. The number of aromatic nitrogens is 2. The minimum atomic E-state index is -0.348. The lowest BCUT2D eigenvalue weighted by Gasteiger charge is -2.33. The maximum Gasteiger partial charge on any atom is 0.315 e. The van der Waals surface area contributed by atoms with Gasteiger partial charge in [-0.2, -0.15) is 16.7 Å². The number of benzene rings is 1. The standard InChI is InChI=1S/C42H61ClN10O8S/c1-2-35(54)48-31-11-3-4-12-32(31)49-40-30(43)26-46-41(52-40)47-29-10-8-19-53(27-29)38(57)16-7-15-37(56)45-18-21-60-23-25-61-24-22-59-20-9-17-44-36(55)14-6-5-13-34-39-33(28-62-34)50-42(58)51-39/h2-4,11-12,26,29,33-34,39H,1,5-10,13-25,27-28H2,(H,44,55)(H,45,56)(H,48,54)(H2,50,51,58)(H2,46,47,49,52)/t29-,33-,34-,39-/m0/s1. The van der Waals surface area contributed by atoms with Crippen molar-refractivity contribution in [2.45, 2.75) is 87.6 Å². The van der Waals surface area contributed by atoms with Gasteiger partial charge >= 0.3 is 6.03 Å². The molecule has 0 aliphatic carbocycles. The zero-order valence-electron chi connectivity index (χ0n) is 35.2. The van der Waals surface area contributed by atoms with Crippen molar-refractivity contribution in [3.63, 3.8) is 0 Å². The van der Waals surface area contributed by atoms with Crippen LogP contribution in [-0.2, 0) is 33.4 Å². The molecule has 1 aromatic carbocycles. The van der Waals surface area contributed by atoms with E-state index in [1.807, 2.05) is 22.7 Å². The molecule has 20 heteroatoms. The zero-order valence-corrected chi connectivity index (χ0v) is 36.8. The molecule has 18 nitrogen and oxygen atoms in total. The third-order valence-electron chi connectivity index (χ3n) is 10.5. The quantitative estimate of drug-likeness (QED) is 0.0365. The van der Waals surface area contributed by atoms with Crippen LogP contribution in [0.1, 0.15) is 64.2 Å². The van der Waals surface area contributed by atoms with Crippen LogP contribution in [0, 0.1) is 0 Å². The van der Waals surface area contributed by atoms with E-state index in [0.29, 0.717) is 112 Å². The molecule has 3 aliphatic rings. The third kappa shape index (κ3) is 16.9. The van der Waals surface area contributed by atoms with Crippen molar-refractivity contribution in [2.24, 2.45) is 0 Å². The molecule has 6 amide bonds. The number of ether oxygens (including phenoxy) is 3. The molecule has 3 fully saturated rings. The van der Waals surface area contributed by atoms with E-state index < -0.39 is 0 Å². The zero-order chi connectivity index (χ0) is 43.9. The molecule has 62 heavy (non-hydrogen) atoms. The number of anilines is 4. The molecule has 4 heterocycles. The fraction of sp³-hybridized carbons (Fsp3) is 0.595. The van der Waals surface area contributed by atoms with E-state index in [0.717, 1.165) is 44.3 Å². The van der Waals surface area contributed by atoms with Gasteiger partial charge in [0.2, 0.25) is 29.6 Å². The van der Waals surface area contributed by atoms with Crippen LogP contribution in [-0.4, -0.2) is 139 Å². The Hall–Kier alpha value is -4.69. The van der Waals surface area contributed by atoms with Crippen LogP contribution < -0.4 is 37.2 Å². The van der Waals surface area contributed by atoms with Crippen molar-refractivity contribution in [1.29, 1.82) is 0 Å². The first kappa shape index (κ1) is 48.3. The lowest BCUT2D eigenvalue weighted by molar-refractivity contribution is -0.132. The number of carbonyl (C=O) groups is 5. The molecule has 0 unspecified atom stereocenters. The van der Waals surface area contributed by atoms with Crippen LogP contribution in [0.25, 0.3) is 0 Å². The van der Waals surface area contributed by atoms with E-state index >= 15 is 0 Å². The Kier molecular flexibility index (Phi) is 20.8. The second kappa shape index (κ2) is 26.7. The fourth-order valence-electron chi connectivity index (χ4n) is 7.26. The number of urea groups is 1.